The van der Waals surface area contributed by atoms with Gasteiger partial charge in [-0.1, -0.05) is 0 Å². The zero-order chi connectivity index (χ0) is 20.4. The summed E-state index contributed by atoms with van der Waals surface area (Å²) in [5.41, 5.74) is 2.38. The molecule has 146 valence electrons. The van der Waals surface area contributed by atoms with E-state index in [9.17, 15) is 18.0 Å². The maximum absolute atomic E-state index is 12.2. The van der Waals surface area contributed by atoms with Gasteiger partial charge < -0.3 is 10.6 Å². The van der Waals surface area contributed by atoms with E-state index in [0.717, 1.165) is 10.00 Å². The molecule has 1 aromatic carbocycles. The number of anilines is 1. The van der Waals surface area contributed by atoms with E-state index >= 15 is 0 Å². The molecule has 0 aliphatic heterocycles. The number of nitrogens with zero attached hydrogens (tertiary/aromatic N) is 3. The van der Waals surface area contributed by atoms with Crippen LogP contribution in [-0.2, 0) is 21.9 Å². The van der Waals surface area contributed by atoms with Crippen molar-refractivity contribution < 1.29 is 18.0 Å². The predicted octanol–water partition coefficient (Wildman–Crippen LogP) is 0.656. The zero-order valence-electron chi connectivity index (χ0n) is 15.9. The van der Waals surface area contributed by atoms with Crippen LogP contribution in [0.3, 0.4) is 0 Å². The topological polar surface area (TPSA) is 113 Å². The number of aryl methyl sites for hydroxylation is 2. The van der Waals surface area contributed by atoms with Gasteiger partial charge in [-0.3, -0.25) is 14.3 Å². The van der Waals surface area contributed by atoms with Crippen molar-refractivity contribution in [3.8, 4) is 0 Å². The molecule has 0 fully saturated rings. The number of nitrogens with one attached hydrogen (secondary N) is 2. The van der Waals surface area contributed by atoms with Gasteiger partial charge in [0, 0.05) is 26.7 Å². The standard InChI is InChI=1S/C17H23N5O4S/c1-11-16(12(2)22(5)20-11)19-15(23)10-18-17(24)13-6-8-14(9-7-13)27(25,26)21(3)4/h6-9H,10H2,1-5H3,(H,18,24)(H,19,23). The Bertz CT molecular complexity index is 962. The average Bonchev–Trinajstić information content (AvgIpc) is 2.85. The molecule has 2 aromatic rings. The van der Waals surface area contributed by atoms with Crippen LogP contribution in [-0.4, -0.2) is 55.0 Å². The summed E-state index contributed by atoms with van der Waals surface area (Å²) in [5.74, 6) is -0.854. The molecule has 2 N–H and O–H groups in total. The van der Waals surface area contributed by atoms with Crippen molar-refractivity contribution in [3.05, 3.63) is 41.2 Å². The molecule has 0 saturated carbocycles. The van der Waals surface area contributed by atoms with Gasteiger partial charge in [0.2, 0.25) is 15.9 Å². The number of benzene rings is 1. The van der Waals surface area contributed by atoms with E-state index in [4.69, 9.17) is 0 Å². The molecule has 2 rings (SSSR count). The van der Waals surface area contributed by atoms with E-state index in [1.165, 1.54) is 38.4 Å². The molecule has 0 aliphatic rings. The van der Waals surface area contributed by atoms with E-state index in [-0.39, 0.29) is 22.9 Å². The SMILES string of the molecule is Cc1nn(C)c(C)c1NC(=O)CNC(=O)c1ccc(S(=O)(=O)N(C)C)cc1. The minimum atomic E-state index is -3.56. The lowest BCUT2D eigenvalue weighted by molar-refractivity contribution is -0.115. The zero-order valence-corrected chi connectivity index (χ0v) is 16.7. The Balaban J connectivity index is 1.98. The number of hydrogen-bond donors (Lipinski definition) is 2. The van der Waals surface area contributed by atoms with Crippen LogP contribution in [0.1, 0.15) is 21.7 Å². The summed E-state index contributed by atoms with van der Waals surface area (Å²) >= 11 is 0. The molecule has 0 aliphatic carbocycles. The van der Waals surface area contributed by atoms with Gasteiger partial charge in [-0.15, -0.1) is 0 Å². The molecule has 10 heteroatoms. The van der Waals surface area contributed by atoms with E-state index in [0.29, 0.717) is 11.4 Å². The highest BCUT2D eigenvalue weighted by atomic mass is 32.2. The van der Waals surface area contributed by atoms with Crippen LogP contribution in [0.15, 0.2) is 29.2 Å². The minimum absolute atomic E-state index is 0.0873. The molecule has 9 nitrogen and oxygen atoms in total. The summed E-state index contributed by atoms with van der Waals surface area (Å²) in [6, 6.07) is 5.51. The number of hydrogen-bond acceptors (Lipinski definition) is 5. The van der Waals surface area contributed by atoms with Crippen LogP contribution in [0.4, 0.5) is 5.69 Å². The highest BCUT2D eigenvalue weighted by Gasteiger charge is 2.18. The molecule has 0 saturated heterocycles. The molecule has 1 heterocycles. The van der Waals surface area contributed by atoms with Gasteiger partial charge in [0.25, 0.3) is 5.91 Å². The molecule has 1 aromatic heterocycles. The second-order valence-electron chi connectivity index (χ2n) is 6.21. The molecule has 27 heavy (non-hydrogen) atoms. The molecular formula is C17H23N5O4S. The van der Waals surface area contributed by atoms with E-state index in [1.54, 1.807) is 18.7 Å². The number of sulfonamides is 1. The molecule has 2 amide bonds. The average molecular weight is 393 g/mol. The van der Waals surface area contributed by atoms with Crippen LogP contribution in [0, 0.1) is 13.8 Å². The van der Waals surface area contributed by atoms with Crippen LogP contribution in [0.5, 0.6) is 0 Å². The van der Waals surface area contributed by atoms with Crippen LogP contribution in [0.25, 0.3) is 0 Å². The summed E-state index contributed by atoms with van der Waals surface area (Å²) < 4.78 is 26.8. The summed E-state index contributed by atoms with van der Waals surface area (Å²) in [7, 11) is 1.08. The van der Waals surface area contributed by atoms with Crippen LogP contribution >= 0.6 is 0 Å². The summed E-state index contributed by atoms with van der Waals surface area (Å²) in [6.45, 7) is 3.40. The lowest BCUT2D eigenvalue weighted by atomic mass is 10.2. The van der Waals surface area contributed by atoms with E-state index in [1.807, 2.05) is 6.92 Å². The first-order valence-electron chi connectivity index (χ1n) is 8.15. The fourth-order valence-corrected chi connectivity index (χ4v) is 3.29. The van der Waals surface area contributed by atoms with Gasteiger partial charge in [-0.25, -0.2) is 12.7 Å². The van der Waals surface area contributed by atoms with Crippen molar-refractivity contribution in [1.82, 2.24) is 19.4 Å². The van der Waals surface area contributed by atoms with Crippen LogP contribution in [0.2, 0.25) is 0 Å². The number of amides is 2. The third-order valence-electron chi connectivity index (χ3n) is 4.08. The highest BCUT2D eigenvalue weighted by Crippen LogP contribution is 2.18. The normalized spacial score (nSPS) is 11.5. The monoisotopic (exact) mass is 393 g/mol. The maximum atomic E-state index is 12.2. The first-order valence-corrected chi connectivity index (χ1v) is 9.59. The van der Waals surface area contributed by atoms with Crippen molar-refractivity contribution in [2.75, 3.05) is 26.0 Å². The van der Waals surface area contributed by atoms with Crippen LogP contribution < -0.4 is 10.6 Å². The smallest absolute Gasteiger partial charge is 0.251 e. The van der Waals surface area contributed by atoms with Gasteiger partial charge in [-0.2, -0.15) is 5.10 Å². The van der Waals surface area contributed by atoms with Gasteiger partial charge in [0.15, 0.2) is 0 Å². The maximum Gasteiger partial charge on any atom is 0.251 e. The second kappa shape index (κ2) is 7.89. The van der Waals surface area contributed by atoms with Crippen molar-refractivity contribution in [2.24, 2.45) is 7.05 Å². The number of carbonyl (C=O) groups is 2. The number of aromatic nitrogens is 2. The molecule has 0 bridgehead atoms. The number of carbonyl (C=O) groups excluding carboxylic acids is 2. The summed E-state index contributed by atoms with van der Waals surface area (Å²) in [6.07, 6.45) is 0. The second-order valence-corrected chi connectivity index (χ2v) is 8.36. The molecule has 0 unspecified atom stereocenters. The Labute approximate surface area is 158 Å². The predicted molar refractivity (Wildman–Crippen MR) is 101 cm³/mol. The molecule has 0 radical (unpaired) electrons. The molecule has 0 atom stereocenters. The Kier molecular flexibility index (Phi) is 6.01. The Morgan fingerprint density at radius 3 is 2.22 bits per heavy atom. The van der Waals surface area contributed by atoms with Crippen molar-refractivity contribution in [3.63, 3.8) is 0 Å². The largest absolute Gasteiger partial charge is 0.343 e. The summed E-state index contributed by atoms with van der Waals surface area (Å²) in [5, 5.41) is 9.44. The molecular weight excluding hydrogens is 370 g/mol. The van der Waals surface area contributed by atoms with Crippen molar-refractivity contribution in [1.29, 1.82) is 0 Å². The van der Waals surface area contributed by atoms with E-state index in [2.05, 4.69) is 15.7 Å². The van der Waals surface area contributed by atoms with E-state index < -0.39 is 15.9 Å². The lowest BCUT2D eigenvalue weighted by Crippen LogP contribution is -2.33. The Morgan fingerprint density at radius 1 is 1.15 bits per heavy atom. The van der Waals surface area contributed by atoms with Gasteiger partial charge in [0.1, 0.15) is 0 Å². The minimum Gasteiger partial charge on any atom is -0.343 e. The first-order chi connectivity index (χ1) is 12.5. The summed E-state index contributed by atoms with van der Waals surface area (Å²) in [4.78, 5) is 24.3. The quantitative estimate of drug-likeness (QED) is 0.748. The Morgan fingerprint density at radius 2 is 1.74 bits per heavy atom. The van der Waals surface area contributed by atoms with Gasteiger partial charge in [-0.05, 0) is 38.1 Å². The van der Waals surface area contributed by atoms with Crippen molar-refractivity contribution in [2.45, 2.75) is 18.7 Å². The number of rotatable bonds is 6. The lowest BCUT2D eigenvalue weighted by Gasteiger charge is -2.11. The third-order valence-corrected chi connectivity index (χ3v) is 5.91. The van der Waals surface area contributed by atoms with Gasteiger partial charge in [0.05, 0.1) is 28.5 Å². The molecule has 0 spiro atoms. The Hall–Kier alpha value is -2.72. The van der Waals surface area contributed by atoms with Crippen molar-refractivity contribution >= 4 is 27.5 Å². The van der Waals surface area contributed by atoms with Gasteiger partial charge >= 0.3 is 0 Å². The third kappa shape index (κ3) is 4.52. The fourth-order valence-electron chi connectivity index (χ4n) is 2.39. The first kappa shape index (κ1) is 20.6. The highest BCUT2D eigenvalue weighted by molar-refractivity contribution is 7.89. The fraction of sp³-hybridized carbons (Fsp3) is 0.353.